The average molecular weight is 408 g/mol. The number of hydrogen-bond acceptors (Lipinski definition) is 4. The number of anilines is 1. The van der Waals surface area contributed by atoms with Crippen LogP contribution in [0.25, 0.3) is 16.9 Å². The van der Waals surface area contributed by atoms with Gasteiger partial charge in [-0.3, -0.25) is 4.79 Å². The van der Waals surface area contributed by atoms with E-state index in [1.54, 1.807) is 24.3 Å². The normalized spacial score (nSPS) is 11.0. The van der Waals surface area contributed by atoms with Crippen molar-refractivity contribution in [3.8, 4) is 11.3 Å². The Kier molecular flexibility index (Phi) is 4.90. The van der Waals surface area contributed by atoms with E-state index in [1.165, 1.54) is 4.52 Å². The van der Waals surface area contributed by atoms with E-state index in [-0.39, 0.29) is 12.5 Å². The van der Waals surface area contributed by atoms with E-state index in [0.29, 0.717) is 22.1 Å². The summed E-state index contributed by atoms with van der Waals surface area (Å²) in [5.74, 6) is -0.333. The fraction of sp³-hybridized carbons (Fsp3) is 0.143. The topological polar surface area (TPSA) is 81.3 Å². The van der Waals surface area contributed by atoms with Crippen LogP contribution in [0.4, 0.5) is 5.69 Å². The second-order valence-electron chi connectivity index (χ2n) is 6.80. The van der Waals surface area contributed by atoms with Crippen molar-refractivity contribution >= 4 is 28.8 Å². The van der Waals surface area contributed by atoms with Gasteiger partial charge in [-0.1, -0.05) is 41.4 Å². The Hall–Kier alpha value is -3.45. The Balaban J connectivity index is 1.59. The zero-order valence-electron chi connectivity index (χ0n) is 15.9. The van der Waals surface area contributed by atoms with E-state index in [4.69, 9.17) is 11.6 Å². The van der Waals surface area contributed by atoms with Crippen LogP contribution < -0.4 is 11.0 Å². The zero-order chi connectivity index (χ0) is 20.5. The lowest BCUT2D eigenvalue weighted by Crippen LogP contribution is -2.29. The highest BCUT2D eigenvalue weighted by atomic mass is 35.5. The molecule has 1 N–H and O–H groups in total. The van der Waals surface area contributed by atoms with Crippen LogP contribution in [0, 0.1) is 13.8 Å². The highest BCUT2D eigenvalue weighted by Gasteiger charge is 2.13. The van der Waals surface area contributed by atoms with E-state index in [1.807, 2.05) is 44.2 Å². The van der Waals surface area contributed by atoms with Gasteiger partial charge in [0.15, 0.2) is 5.65 Å². The van der Waals surface area contributed by atoms with Gasteiger partial charge < -0.3 is 5.32 Å². The summed E-state index contributed by atoms with van der Waals surface area (Å²) in [5.41, 5.74) is 4.09. The van der Waals surface area contributed by atoms with Crippen molar-refractivity contribution in [1.82, 2.24) is 19.4 Å². The first-order valence-electron chi connectivity index (χ1n) is 9.01. The lowest BCUT2D eigenvalue weighted by Gasteiger charge is -2.08. The molecule has 1 amide bonds. The van der Waals surface area contributed by atoms with Gasteiger partial charge in [-0.2, -0.15) is 9.61 Å². The van der Waals surface area contributed by atoms with Gasteiger partial charge in [0, 0.05) is 16.3 Å². The molecule has 2 aromatic heterocycles. The summed E-state index contributed by atoms with van der Waals surface area (Å²) >= 11 is 5.92. The third-order valence-electron chi connectivity index (χ3n) is 4.53. The summed E-state index contributed by atoms with van der Waals surface area (Å²) in [5, 5.41) is 12.0. The molecule has 4 rings (SSSR count). The molecule has 29 heavy (non-hydrogen) atoms. The molecule has 0 fully saturated rings. The van der Waals surface area contributed by atoms with Crippen molar-refractivity contribution in [2.45, 2.75) is 20.4 Å². The monoisotopic (exact) mass is 407 g/mol. The molecule has 2 aromatic carbocycles. The molecule has 7 nitrogen and oxygen atoms in total. The van der Waals surface area contributed by atoms with Crippen LogP contribution in [0.15, 0.2) is 59.4 Å². The maximum Gasteiger partial charge on any atom is 0.367 e. The van der Waals surface area contributed by atoms with Crippen LogP contribution in [0.2, 0.25) is 5.02 Å². The van der Waals surface area contributed by atoms with Gasteiger partial charge in [-0.05, 0) is 49.7 Å². The van der Waals surface area contributed by atoms with Crippen molar-refractivity contribution in [2.75, 3.05) is 5.32 Å². The molecular formula is C21H18ClN5O2. The highest BCUT2D eigenvalue weighted by molar-refractivity contribution is 6.30. The number of carbonyl (C=O) groups excluding carboxylic acids is 1. The van der Waals surface area contributed by atoms with Crippen LogP contribution >= 0.6 is 11.6 Å². The van der Waals surface area contributed by atoms with E-state index >= 15 is 0 Å². The van der Waals surface area contributed by atoms with E-state index in [9.17, 15) is 9.59 Å². The SMILES string of the molecule is Cc1ccc(NC(=O)Cn2nc3ccc(-c4ccc(Cl)cc4)nn3c2=O)c(C)c1. The second kappa shape index (κ2) is 7.52. The van der Waals surface area contributed by atoms with E-state index < -0.39 is 5.69 Å². The first kappa shape index (κ1) is 18.9. The van der Waals surface area contributed by atoms with Gasteiger partial charge in [-0.15, -0.1) is 5.10 Å². The van der Waals surface area contributed by atoms with Gasteiger partial charge in [0.05, 0.1) is 5.69 Å². The molecule has 0 atom stereocenters. The molecule has 0 saturated carbocycles. The predicted octanol–water partition coefficient (Wildman–Crippen LogP) is 3.47. The number of amides is 1. The molecule has 8 heteroatoms. The van der Waals surface area contributed by atoms with Crippen molar-refractivity contribution in [2.24, 2.45) is 0 Å². The maximum atomic E-state index is 12.7. The first-order valence-corrected chi connectivity index (χ1v) is 9.38. The Bertz CT molecular complexity index is 1270. The fourth-order valence-corrected chi connectivity index (χ4v) is 3.19. The smallest absolute Gasteiger partial charge is 0.324 e. The summed E-state index contributed by atoms with van der Waals surface area (Å²) in [6.45, 7) is 3.70. The number of hydrogen-bond donors (Lipinski definition) is 1. The predicted molar refractivity (Wildman–Crippen MR) is 112 cm³/mol. The number of nitrogens with one attached hydrogen (secondary N) is 1. The third kappa shape index (κ3) is 3.90. The van der Waals surface area contributed by atoms with Gasteiger partial charge in [0.1, 0.15) is 6.54 Å². The number of nitrogens with zero attached hydrogens (tertiary/aromatic N) is 4. The highest BCUT2D eigenvalue weighted by Crippen LogP contribution is 2.19. The quantitative estimate of drug-likeness (QED) is 0.561. The molecule has 0 aliphatic heterocycles. The van der Waals surface area contributed by atoms with Crippen molar-refractivity contribution in [1.29, 1.82) is 0 Å². The van der Waals surface area contributed by atoms with Crippen LogP contribution in [0.3, 0.4) is 0 Å². The lowest BCUT2D eigenvalue weighted by molar-refractivity contribution is -0.117. The Morgan fingerprint density at radius 3 is 2.52 bits per heavy atom. The van der Waals surface area contributed by atoms with Gasteiger partial charge in [-0.25, -0.2) is 9.48 Å². The molecule has 0 aliphatic carbocycles. The minimum Gasteiger partial charge on any atom is -0.324 e. The van der Waals surface area contributed by atoms with E-state index in [0.717, 1.165) is 21.4 Å². The van der Waals surface area contributed by atoms with Gasteiger partial charge in [0.2, 0.25) is 5.91 Å². The zero-order valence-corrected chi connectivity index (χ0v) is 16.6. The van der Waals surface area contributed by atoms with Gasteiger partial charge >= 0.3 is 5.69 Å². The third-order valence-corrected chi connectivity index (χ3v) is 4.78. The number of benzene rings is 2. The van der Waals surface area contributed by atoms with Crippen LogP contribution in [-0.2, 0) is 11.3 Å². The molecular weight excluding hydrogens is 390 g/mol. The molecule has 4 aromatic rings. The number of aromatic nitrogens is 4. The summed E-state index contributed by atoms with van der Waals surface area (Å²) in [4.78, 5) is 25.1. The minimum absolute atomic E-state index is 0.203. The number of carbonyl (C=O) groups is 1. The molecule has 0 aliphatic rings. The number of rotatable bonds is 4. The number of halogens is 1. The molecule has 2 heterocycles. The summed E-state index contributed by atoms with van der Waals surface area (Å²) in [6.07, 6.45) is 0. The van der Waals surface area contributed by atoms with Crippen LogP contribution in [0.5, 0.6) is 0 Å². The van der Waals surface area contributed by atoms with Gasteiger partial charge in [0.25, 0.3) is 0 Å². The molecule has 0 unspecified atom stereocenters. The molecule has 0 saturated heterocycles. The summed E-state index contributed by atoms with van der Waals surface area (Å²) in [7, 11) is 0. The molecule has 0 spiro atoms. The fourth-order valence-electron chi connectivity index (χ4n) is 3.07. The molecule has 0 radical (unpaired) electrons. The molecule has 0 bridgehead atoms. The summed E-state index contributed by atoms with van der Waals surface area (Å²) < 4.78 is 2.29. The van der Waals surface area contributed by atoms with Crippen molar-refractivity contribution in [3.63, 3.8) is 0 Å². The average Bonchev–Trinajstić information content (AvgIpc) is 3.00. The Morgan fingerprint density at radius 2 is 1.79 bits per heavy atom. The standard InChI is InChI=1S/C21H18ClN5O2/c1-13-3-8-17(14(2)11-13)23-20(28)12-26-21(29)27-19(25-26)10-9-18(24-27)15-4-6-16(22)7-5-15/h3-11H,12H2,1-2H3,(H,23,28). The minimum atomic E-state index is -0.480. The van der Waals surface area contributed by atoms with Crippen molar-refractivity contribution in [3.05, 3.63) is 81.2 Å². The maximum absolute atomic E-state index is 12.7. The van der Waals surface area contributed by atoms with Crippen molar-refractivity contribution < 1.29 is 4.79 Å². The molecule has 146 valence electrons. The lowest BCUT2D eigenvalue weighted by atomic mass is 10.1. The van der Waals surface area contributed by atoms with Crippen LogP contribution in [0.1, 0.15) is 11.1 Å². The largest absolute Gasteiger partial charge is 0.367 e. The number of aryl methyl sites for hydroxylation is 2. The number of fused-ring (bicyclic) bond motifs is 1. The van der Waals surface area contributed by atoms with E-state index in [2.05, 4.69) is 15.5 Å². The Morgan fingerprint density at radius 1 is 1.03 bits per heavy atom. The summed E-state index contributed by atoms with van der Waals surface area (Å²) in [6, 6.07) is 16.4. The second-order valence-corrected chi connectivity index (χ2v) is 7.24. The Labute approximate surface area is 171 Å². The van der Waals surface area contributed by atoms with Crippen LogP contribution in [-0.4, -0.2) is 25.3 Å². The first-order chi connectivity index (χ1) is 13.9.